The van der Waals surface area contributed by atoms with Gasteiger partial charge in [0.1, 0.15) is 11.5 Å². The van der Waals surface area contributed by atoms with Crippen molar-refractivity contribution in [2.45, 2.75) is 17.5 Å². The smallest absolute Gasteiger partial charge is 0.416 e. The van der Waals surface area contributed by atoms with Crippen LogP contribution in [-0.2, 0) is 17.4 Å². The standard InChI is InChI=1S/C21H13ClF3NO4S/c22-17-12-14(21(23,24)25)6-9-19(17)30-15-7-8-18(26(28)29)13(10-15)11-20(27)31-16-4-2-1-3-5-16/h1-10,12H,11H2. The van der Waals surface area contributed by atoms with Crippen molar-refractivity contribution in [3.05, 3.63) is 93.0 Å². The molecular weight excluding hydrogens is 455 g/mol. The average molecular weight is 468 g/mol. The van der Waals surface area contributed by atoms with Crippen LogP contribution in [0.1, 0.15) is 11.1 Å². The molecule has 0 saturated heterocycles. The fraction of sp³-hybridized carbons (Fsp3) is 0.0952. The van der Waals surface area contributed by atoms with Crippen molar-refractivity contribution in [3.63, 3.8) is 0 Å². The van der Waals surface area contributed by atoms with Crippen LogP contribution in [0.25, 0.3) is 0 Å². The Bertz CT molecular complexity index is 1120. The first kappa shape index (κ1) is 22.6. The van der Waals surface area contributed by atoms with Crippen molar-refractivity contribution < 1.29 is 27.6 Å². The zero-order valence-electron chi connectivity index (χ0n) is 15.6. The van der Waals surface area contributed by atoms with Crippen molar-refractivity contribution in [1.82, 2.24) is 0 Å². The SMILES string of the molecule is O=C(Cc1cc(Oc2ccc(C(F)(F)F)cc2Cl)ccc1[N+](=O)[O-])Sc1ccccc1. The fourth-order valence-electron chi connectivity index (χ4n) is 2.64. The number of thioether (sulfide) groups is 1. The molecular formula is C21H13ClF3NO4S. The van der Waals surface area contributed by atoms with Gasteiger partial charge in [0.2, 0.25) is 0 Å². The van der Waals surface area contributed by atoms with E-state index in [0.29, 0.717) is 4.90 Å². The summed E-state index contributed by atoms with van der Waals surface area (Å²) in [5.41, 5.74) is -1.09. The van der Waals surface area contributed by atoms with E-state index < -0.39 is 16.7 Å². The second-order valence-corrected chi connectivity index (χ2v) is 7.79. The highest BCUT2D eigenvalue weighted by atomic mass is 35.5. The minimum absolute atomic E-state index is 0.0561. The third-order valence-corrected chi connectivity index (χ3v) is 5.22. The number of halogens is 4. The van der Waals surface area contributed by atoms with Crippen LogP contribution >= 0.6 is 23.4 Å². The molecule has 0 unspecified atom stereocenters. The summed E-state index contributed by atoms with van der Waals surface area (Å²) in [5, 5.41) is 10.7. The summed E-state index contributed by atoms with van der Waals surface area (Å²) < 4.78 is 43.9. The number of nitrogens with zero attached hydrogens (tertiary/aromatic N) is 1. The Morgan fingerprint density at radius 3 is 2.39 bits per heavy atom. The Hall–Kier alpha value is -3.04. The molecule has 5 nitrogen and oxygen atoms in total. The molecule has 3 rings (SSSR count). The van der Waals surface area contributed by atoms with E-state index in [1.54, 1.807) is 30.3 Å². The zero-order chi connectivity index (χ0) is 22.6. The van der Waals surface area contributed by atoms with E-state index in [0.717, 1.165) is 30.0 Å². The summed E-state index contributed by atoms with van der Waals surface area (Å²) in [5.74, 6) is 0.0410. The van der Waals surface area contributed by atoms with Crippen molar-refractivity contribution in [2.75, 3.05) is 0 Å². The minimum atomic E-state index is -4.56. The van der Waals surface area contributed by atoms with Crippen LogP contribution in [0.15, 0.2) is 71.6 Å². The lowest BCUT2D eigenvalue weighted by Gasteiger charge is -2.12. The average Bonchev–Trinajstić information content (AvgIpc) is 2.69. The van der Waals surface area contributed by atoms with Crippen LogP contribution in [-0.4, -0.2) is 10.0 Å². The van der Waals surface area contributed by atoms with Gasteiger partial charge in [0.05, 0.1) is 15.5 Å². The highest BCUT2D eigenvalue weighted by Crippen LogP contribution is 2.37. The molecule has 3 aromatic carbocycles. The number of ether oxygens (including phenoxy) is 1. The van der Waals surface area contributed by atoms with E-state index in [-0.39, 0.29) is 39.3 Å². The van der Waals surface area contributed by atoms with Gasteiger partial charge in [0.15, 0.2) is 5.12 Å². The predicted molar refractivity (Wildman–Crippen MR) is 111 cm³/mol. The molecule has 0 radical (unpaired) electrons. The molecule has 0 fully saturated rings. The Morgan fingerprint density at radius 2 is 1.77 bits per heavy atom. The van der Waals surface area contributed by atoms with E-state index >= 15 is 0 Å². The van der Waals surface area contributed by atoms with Crippen LogP contribution in [0.4, 0.5) is 18.9 Å². The van der Waals surface area contributed by atoms with Crippen LogP contribution in [0, 0.1) is 10.1 Å². The number of hydrogen-bond acceptors (Lipinski definition) is 5. The number of nitro benzene ring substituents is 1. The molecule has 0 aromatic heterocycles. The summed E-state index contributed by atoms with van der Waals surface area (Å²) in [7, 11) is 0. The first-order valence-corrected chi connectivity index (χ1v) is 9.90. The monoisotopic (exact) mass is 467 g/mol. The Morgan fingerprint density at radius 1 is 1.06 bits per heavy atom. The van der Waals surface area contributed by atoms with E-state index in [2.05, 4.69) is 0 Å². The van der Waals surface area contributed by atoms with Crippen molar-refractivity contribution in [3.8, 4) is 11.5 Å². The minimum Gasteiger partial charge on any atom is -0.456 e. The van der Waals surface area contributed by atoms with Crippen LogP contribution in [0.3, 0.4) is 0 Å². The van der Waals surface area contributed by atoms with E-state index in [1.165, 1.54) is 18.2 Å². The first-order valence-electron chi connectivity index (χ1n) is 8.71. The molecule has 0 heterocycles. The van der Waals surface area contributed by atoms with E-state index in [1.807, 2.05) is 0 Å². The van der Waals surface area contributed by atoms with Gasteiger partial charge in [-0.3, -0.25) is 14.9 Å². The molecule has 0 atom stereocenters. The van der Waals surface area contributed by atoms with Gasteiger partial charge in [-0.25, -0.2) is 0 Å². The maximum atomic E-state index is 12.8. The van der Waals surface area contributed by atoms with Crippen LogP contribution < -0.4 is 4.74 Å². The summed E-state index contributed by atoms with van der Waals surface area (Å²) in [6.45, 7) is 0. The number of carbonyl (C=O) groups is 1. The van der Waals surface area contributed by atoms with Crippen molar-refractivity contribution in [2.24, 2.45) is 0 Å². The van der Waals surface area contributed by atoms with Gasteiger partial charge in [-0.15, -0.1) is 0 Å². The summed E-state index contributed by atoms with van der Waals surface area (Å²) in [6, 6.07) is 15.2. The number of carbonyl (C=O) groups excluding carboxylic acids is 1. The maximum Gasteiger partial charge on any atom is 0.416 e. The molecule has 160 valence electrons. The van der Waals surface area contributed by atoms with E-state index in [4.69, 9.17) is 16.3 Å². The lowest BCUT2D eigenvalue weighted by atomic mass is 10.1. The fourth-order valence-corrected chi connectivity index (χ4v) is 3.65. The normalized spacial score (nSPS) is 11.2. The third kappa shape index (κ3) is 5.99. The topological polar surface area (TPSA) is 69.4 Å². The quantitative estimate of drug-likeness (QED) is 0.223. The molecule has 0 N–H and O–H groups in total. The highest BCUT2D eigenvalue weighted by Gasteiger charge is 2.31. The lowest BCUT2D eigenvalue weighted by Crippen LogP contribution is -2.04. The Kier molecular flexibility index (Phi) is 6.87. The molecule has 0 aliphatic heterocycles. The summed E-state index contributed by atoms with van der Waals surface area (Å²) in [6.07, 6.45) is -4.80. The van der Waals surface area contributed by atoms with Crippen LogP contribution in [0.2, 0.25) is 5.02 Å². The van der Waals surface area contributed by atoms with Gasteiger partial charge in [-0.1, -0.05) is 41.6 Å². The first-order chi connectivity index (χ1) is 14.6. The largest absolute Gasteiger partial charge is 0.456 e. The molecule has 0 amide bonds. The second-order valence-electron chi connectivity index (χ2n) is 6.26. The highest BCUT2D eigenvalue weighted by molar-refractivity contribution is 8.13. The number of alkyl halides is 3. The molecule has 31 heavy (non-hydrogen) atoms. The maximum absolute atomic E-state index is 12.8. The predicted octanol–water partition coefficient (Wildman–Crippen LogP) is 6.92. The van der Waals surface area contributed by atoms with Gasteiger partial charge >= 0.3 is 6.18 Å². The number of rotatable bonds is 6. The van der Waals surface area contributed by atoms with Gasteiger partial charge in [-0.05, 0) is 42.5 Å². The van der Waals surface area contributed by atoms with Crippen molar-refractivity contribution >= 4 is 34.2 Å². The lowest BCUT2D eigenvalue weighted by molar-refractivity contribution is -0.385. The van der Waals surface area contributed by atoms with E-state index in [9.17, 15) is 28.1 Å². The summed E-state index contributed by atoms with van der Waals surface area (Å²) >= 11 is 6.84. The van der Waals surface area contributed by atoms with Gasteiger partial charge in [0, 0.05) is 22.9 Å². The third-order valence-electron chi connectivity index (χ3n) is 4.04. The molecule has 3 aromatic rings. The van der Waals surface area contributed by atoms with Gasteiger partial charge in [0.25, 0.3) is 5.69 Å². The van der Waals surface area contributed by atoms with Crippen LogP contribution in [0.5, 0.6) is 11.5 Å². The number of benzene rings is 3. The molecule has 0 spiro atoms. The Balaban J connectivity index is 1.83. The molecule has 0 aliphatic carbocycles. The number of nitro groups is 1. The Labute approximate surface area is 183 Å². The van der Waals surface area contributed by atoms with Crippen molar-refractivity contribution in [1.29, 1.82) is 0 Å². The molecule has 0 saturated carbocycles. The summed E-state index contributed by atoms with van der Waals surface area (Å²) in [4.78, 5) is 23.8. The molecule has 0 bridgehead atoms. The molecule has 0 aliphatic rings. The molecule has 10 heteroatoms. The van der Waals surface area contributed by atoms with Gasteiger partial charge < -0.3 is 4.74 Å². The second kappa shape index (κ2) is 9.40. The zero-order valence-corrected chi connectivity index (χ0v) is 17.1. The van der Waals surface area contributed by atoms with Gasteiger partial charge in [-0.2, -0.15) is 13.2 Å². The number of hydrogen-bond donors (Lipinski definition) is 0.